The minimum Gasteiger partial charge on any atom is -0.481 e. The summed E-state index contributed by atoms with van der Waals surface area (Å²) in [5.74, 6) is -0.901. The van der Waals surface area contributed by atoms with E-state index in [4.69, 9.17) is 11.6 Å². The number of thioether (sulfide) groups is 1. The van der Waals surface area contributed by atoms with Crippen LogP contribution in [-0.2, 0) is 11.3 Å². The van der Waals surface area contributed by atoms with Crippen LogP contribution in [0.4, 0.5) is 0 Å². The number of nitrogens with zero attached hydrogens (tertiary/aromatic N) is 3. The largest absolute Gasteiger partial charge is 0.481 e. The van der Waals surface area contributed by atoms with Crippen LogP contribution in [-0.4, -0.2) is 31.3 Å². The lowest BCUT2D eigenvalue weighted by Gasteiger charge is -2.30. The number of halogens is 1. The molecular formula is C26H22ClN3O3S. The van der Waals surface area contributed by atoms with Crippen molar-refractivity contribution in [3.05, 3.63) is 88.2 Å². The van der Waals surface area contributed by atoms with Gasteiger partial charge in [0.2, 0.25) is 0 Å². The summed E-state index contributed by atoms with van der Waals surface area (Å²) >= 11 is 7.54. The van der Waals surface area contributed by atoms with Crippen molar-refractivity contribution in [1.82, 2.24) is 15.0 Å². The molecule has 1 aliphatic rings. The van der Waals surface area contributed by atoms with Gasteiger partial charge in [-0.25, -0.2) is 4.68 Å². The fourth-order valence-corrected chi connectivity index (χ4v) is 6.18. The lowest BCUT2D eigenvalue weighted by molar-refractivity contribution is -0.149. The van der Waals surface area contributed by atoms with E-state index >= 15 is 0 Å². The molecule has 3 aromatic carbocycles. The number of carbonyl (C=O) groups is 1. The second kappa shape index (κ2) is 9.24. The van der Waals surface area contributed by atoms with Gasteiger partial charge in [-0.3, -0.25) is 9.59 Å². The molecule has 1 aromatic heterocycles. The van der Waals surface area contributed by atoms with Crippen molar-refractivity contribution >= 4 is 40.2 Å². The molecule has 2 atom stereocenters. The van der Waals surface area contributed by atoms with Crippen molar-refractivity contribution < 1.29 is 9.90 Å². The molecule has 0 radical (unpaired) electrons. The summed E-state index contributed by atoms with van der Waals surface area (Å²) in [5, 5.41) is 19.4. The Hall–Kier alpha value is -3.16. The monoisotopic (exact) mass is 491 g/mol. The van der Waals surface area contributed by atoms with Gasteiger partial charge in [-0.1, -0.05) is 59.6 Å². The Kier molecular flexibility index (Phi) is 6.15. The maximum Gasteiger partial charge on any atom is 0.312 e. The van der Waals surface area contributed by atoms with E-state index in [9.17, 15) is 14.7 Å². The highest BCUT2D eigenvalue weighted by Crippen LogP contribution is 2.49. The van der Waals surface area contributed by atoms with E-state index in [-0.39, 0.29) is 17.4 Å². The van der Waals surface area contributed by atoms with Gasteiger partial charge in [-0.05, 0) is 60.4 Å². The fourth-order valence-electron chi connectivity index (χ4n) is 4.63. The van der Waals surface area contributed by atoms with Gasteiger partial charge in [0.1, 0.15) is 5.52 Å². The summed E-state index contributed by atoms with van der Waals surface area (Å²) in [6, 6.07) is 22.7. The molecule has 0 saturated heterocycles. The van der Waals surface area contributed by atoms with Crippen LogP contribution >= 0.6 is 23.4 Å². The van der Waals surface area contributed by atoms with Gasteiger partial charge >= 0.3 is 5.97 Å². The lowest BCUT2D eigenvalue weighted by atomic mass is 9.86. The third kappa shape index (κ3) is 4.21. The fraction of sp³-hybridized carbons (Fsp3) is 0.231. The number of aromatic nitrogens is 3. The van der Waals surface area contributed by atoms with E-state index in [1.807, 2.05) is 48.5 Å². The Morgan fingerprint density at radius 3 is 2.44 bits per heavy atom. The SMILES string of the molecule is O=C(O)[C@@]1(Cn2nnc3ccccc3c2=O)CCC[C@@H]1Sc1ccc(-c2ccc(Cl)cc2)cc1. The molecule has 0 bridgehead atoms. The Labute approximate surface area is 205 Å². The summed E-state index contributed by atoms with van der Waals surface area (Å²) in [4.78, 5) is 26.6. The minimum absolute atomic E-state index is 0.000470. The highest BCUT2D eigenvalue weighted by molar-refractivity contribution is 8.00. The maximum absolute atomic E-state index is 13.0. The molecule has 6 nitrogen and oxygen atoms in total. The van der Waals surface area contributed by atoms with E-state index in [0.29, 0.717) is 22.3 Å². The maximum atomic E-state index is 13.0. The third-order valence-electron chi connectivity index (χ3n) is 6.50. The molecule has 34 heavy (non-hydrogen) atoms. The first-order chi connectivity index (χ1) is 16.5. The van der Waals surface area contributed by atoms with E-state index in [1.54, 1.807) is 36.0 Å². The van der Waals surface area contributed by atoms with Crippen LogP contribution in [0.25, 0.3) is 22.0 Å². The standard InChI is InChI=1S/C26H22ClN3O3S/c27-19-11-7-17(8-12-19)18-9-13-20(14-10-18)34-23-6-3-15-26(23,25(32)33)16-30-24(31)21-4-1-2-5-22(21)28-29-30/h1-2,4-5,7-14,23H,3,6,15-16H2,(H,32,33)/t23-,26+/m0/s1. The Bertz CT molecular complexity index is 1410. The molecule has 1 fully saturated rings. The van der Waals surface area contributed by atoms with Gasteiger partial charge in [-0.2, -0.15) is 0 Å². The number of aliphatic carboxylic acids is 1. The molecule has 172 valence electrons. The molecule has 1 saturated carbocycles. The lowest BCUT2D eigenvalue weighted by Crippen LogP contribution is -2.44. The predicted octanol–water partition coefficient (Wildman–Crippen LogP) is 5.53. The summed E-state index contributed by atoms with van der Waals surface area (Å²) in [5.41, 5.74) is 1.23. The molecule has 4 aromatic rings. The number of benzene rings is 3. The number of rotatable bonds is 6. The van der Waals surface area contributed by atoms with Gasteiger partial charge in [0.05, 0.1) is 17.3 Å². The Balaban J connectivity index is 1.41. The van der Waals surface area contributed by atoms with Gasteiger partial charge in [-0.15, -0.1) is 16.9 Å². The zero-order chi connectivity index (χ0) is 23.7. The summed E-state index contributed by atoms with van der Waals surface area (Å²) in [6.45, 7) is -0.000470. The Morgan fingerprint density at radius 1 is 1.06 bits per heavy atom. The van der Waals surface area contributed by atoms with Crippen molar-refractivity contribution in [2.75, 3.05) is 0 Å². The van der Waals surface area contributed by atoms with E-state index in [0.717, 1.165) is 28.9 Å². The average molecular weight is 492 g/mol. The normalized spacial score (nSPS) is 20.0. The zero-order valence-corrected chi connectivity index (χ0v) is 19.8. The van der Waals surface area contributed by atoms with Crippen LogP contribution in [0.5, 0.6) is 0 Å². The highest BCUT2D eigenvalue weighted by atomic mass is 35.5. The molecule has 0 aliphatic heterocycles. The van der Waals surface area contributed by atoms with Crippen molar-refractivity contribution in [1.29, 1.82) is 0 Å². The summed E-state index contributed by atoms with van der Waals surface area (Å²) in [7, 11) is 0. The van der Waals surface area contributed by atoms with Crippen LogP contribution in [0.3, 0.4) is 0 Å². The highest BCUT2D eigenvalue weighted by Gasteiger charge is 2.50. The molecule has 1 N–H and O–H groups in total. The number of hydrogen-bond donors (Lipinski definition) is 1. The third-order valence-corrected chi connectivity index (χ3v) is 8.27. The molecule has 5 rings (SSSR count). The number of hydrogen-bond acceptors (Lipinski definition) is 5. The molecule has 0 amide bonds. The molecule has 0 unspecified atom stereocenters. The summed E-state index contributed by atoms with van der Waals surface area (Å²) in [6.07, 6.45) is 2.03. The van der Waals surface area contributed by atoms with Crippen LogP contribution in [0.15, 0.2) is 82.5 Å². The van der Waals surface area contributed by atoms with Gasteiger partial charge in [0.15, 0.2) is 0 Å². The van der Waals surface area contributed by atoms with Crippen molar-refractivity contribution in [3.8, 4) is 11.1 Å². The second-order valence-electron chi connectivity index (χ2n) is 8.56. The number of fused-ring (bicyclic) bond motifs is 1. The quantitative estimate of drug-likeness (QED) is 0.382. The summed E-state index contributed by atoms with van der Waals surface area (Å²) < 4.78 is 1.22. The molecular weight excluding hydrogens is 470 g/mol. The van der Waals surface area contributed by atoms with Gasteiger partial charge < -0.3 is 5.11 Å². The first kappa shape index (κ1) is 22.6. The van der Waals surface area contributed by atoms with Gasteiger partial charge in [0.25, 0.3) is 5.56 Å². The number of carboxylic acid groups (broad SMARTS) is 1. The van der Waals surface area contributed by atoms with E-state index < -0.39 is 11.4 Å². The molecule has 8 heteroatoms. The topological polar surface area (TPSA) is 85.1 Å². The van der Waals surface area contributed by atoms with Crippen molar-refractivity contribution in [2.24, 2.45) is 5.41 Å². The van der Waals surface area contributed by atoms with Crippen LogP contribution < -0.4 is 5.56 Å². The van der Waals surface area contributed by atoms with Gasteiger partial charge in [0, 0.05) is 15.2 Å². The zero-order valence-electron chi connectivity index (χ0n) is 18.2. The second-order valence-corrected chi connectivity index (χ2v) is 10.3. The van der Waals surface area contributed by atoms with Crippen molar-refractivity contribution in [2.45, 2.75) is 36.0 Å². The minimum atomic E-state index is -1.10. The molecule has 0 spiro atoms. The first-order valence-electron chi connectivity index (χ1n) is 11.0. The van der Waals surface area contributed by atoms with Crippen LogP contribution in [0.1, 0.15) is 19.3 Å². The van der Waals surface area contributed by atoms with E-state index in [2.05, 4.69) is 10.3 Å². The Morgan fingerprint density at radius 2 is 1.74 bits per heavy atom. The average Bonchev–Trinajstić information content (AvgIpc) is 3.25. The van der Waals surface area contributed by atoms with E-state index in [1.165, 1.54) is 4.68 Å². The predicted molar refractivity (Wildman–Crippen MR) is 134 cm³/mol. The van der Waals surface area contributed by atoms with Crippen LogP contribution in [0, 0.1) is 5.41 Å². The molecule has 1 aliphatic carbocycles. The smallest absolute Gasteiger partial charge is 0.312 e. The van der Waals surface area contributed by atoms with Crippen molar-refractivity contribution in [3.63, 3.8) is 0 Å². The first-order valence-corrected chi connectivity index (χ1v) is 12.3. The number of carboxylic acids is 1. The van der Waals surface area contributed by atoms with Crippen LogP contribution in [0.2, 0.25) is 5.02 Å². The molecule has 1 heterocycles.